The summed E-state index contributed by atoms with van der Waals surface area (Å²) < 4.78 is 0.258. The summed E-state index contributed by atoms with van der Waals surface area (Å²) in [5.41, 5.74) is 3.24. The Morgan fingerprint density at radius 1 is 1.53 bits per heavy atom. The maximum atomic E-state index is 10.3. The summed E-state index contributed by atoms with van der Waals surface area (Å²) in [4.78, 5) is 9.89. The number of thiocarbonyl (C=S) groups is 1. The number of nitrogens with zero attached hydrogens (tertiary/aromatic N) is 2. The maximum absolute atomic E-state index is 10.3. The molecular formula is C8H7N3O2S2. The molecule has 0 atom stereocenters. The smallest absolute Gasteiger partial charge is 0.263 e. The number of hydrazone groups is 1. The lowest BCUT2D eigenvalue weighted by atomic mass is 10.2. The molecule has 78 valence electrons. The minimum absolute atomic E-state index is 0.0461. The van der Waals surface area contributed by atoms with Gasteiger partial charge in [0.2, 0.25) is 0 Å². The number of nitro groups is 1. The molecule has 0 aliphatic rings. The highest BCUT2D eigenvalue weighted by Crippen LogP contribution is 2.10. The first-order valence-electron chi connectivity index (χ1n) is 3.86. The lowest BCUT2D eigenvalue weighted by molar-refractivity contribution is -0.384. The third-order valence-electron chi connectivity index (χ3n) is 1.48. The fourth-order valence-electron chi connectivity index (χ4n) is 0.844. The molecule has 1 N–H and O–H groups in total. The van der Waals surface area contributed by atoms with Crippen molar-refractivity contribution in [2.24, 2.45) is 5.10 Å². The quantitative estimate of drug-likeness (QED) is 0.278. The van der Waals surface area contributed by atoms with E-state index in [0.29, 0.717) is 0 Å². The summed E-state index contributed by atoms with van der Waals surface area (Å²) in [6, 6.07) is 5.98. The molecule has 0 aliphatic heterocycles. The molecule has 15 heavy (non-hydrogen) atoms. The Morgan fingerprint density at radius 3 is 2.60 bits per heavy atom. The van der Waals surface area contributed by atoms with Gasteiger partial charge in [0.1, 0.15) is 0 Å². The summed E-state index contributed by atoms with van der Waals surface area (Å²) in [5.74, 6) is 0. The van der Waals surface area contributed by atoms with Crippen LogP contribution in [0.15, 0.2) is 29.4 Å². The molecular weight excluding hydrogens is 234 g/mol. The van der Waals surface area contributed by atoms with Gasteiger partial charge in [0, 0.05) is 12.1 Å². The molecule has 1 aromatic rings. The monoisotopic (exact) mass is 241 g/mol. The first kappa shape index (κ1) is 11.6. The zero-order valence-corrected chi connectivity index (χ0v) is 9.16. The van der Waals surface area contributed by atoms with Crippen LogP contribution in [0, 0.1) is 10.1 Å². The van der Waals surface area contributed by atoms with E-state index in [1.165, 1.54) is 18.3 Å². The van der Waals surface area contributed by atoms with Gasteiger partial charge in [-0.15, -0.1) is 12.6 Å². The Hall–Kier alpha value is -1.47. The number of non-ortho nitro benzene ring substituents is 1. The lowest BCUT2D eigenvalue weighted by Crippen LogP contribution is -2.07. The summed E-state index contributed by atoms with van der Waals surface area (Å²) >= 11 is 8.42. The van der Waals surface area contributed by atoms with Crippen molar-refractivity contribution in [2.75, 3.05) is 0 Å². The fraction of sp³-hybridized carbons (Fsp3) is 0. The van der Waals surface area contributed by atoms with Crippen LogP contribution in [0.25, 0.3) is 0 Å². The van der Waals surface area contributed by atoms with E-state index < -0.39 is 4.92 Å². The summed E-state index contributed by atoms with van der Waals surface area (Å²) in [7, 11) is 0. The van der Waals surface area contributed by atoms with Gasteiger partial charge in [-0.25, -0.2) is 0 Å². The first-order valence-corrected chi connectivity index (χ1v) is 4.71. The van der Waals surface area contributed by atoms with Gasteiger partial charge in [-0.1, -0.05) is 12.2 Å². The molecule has 5 nitrogen and oxygen atoms in total. The normalized spacial score (nSPS) is 10.2. The van der Waals surface area contributed by atoms with E-state index in [-0.39, 0.29) is 10.0 Å². The topological polar surface area (TPSA) is 67.5 Å². The molecule has 0 bridgehead atoms. The minimum Gasteiger partial charge on any atom is -0.263 e. The van der Waals surface area contributed by atoms with Gasteiger partial charge in [0.15, 0.2) is 4.32 Å². The largest absolute Gasteiger partial charge is 0.269 e. The van der Waals surface area contributed by atoms with Crippen molar-refractivity contribution in [3.63, 3.8) is 0 Å². The molecule has 0 aromatic heterocycles. The van der Waals surface area contributed by atoms with Crippen LogP contribution in [0.4, 0.5) is 5.69 Å². The SMILES string of the molecule is O=[N+]([O-])c1ccc(/C=N/NC(=S)S)cc1. The van der Waals surface area contributed by atoms with Crippen LogP contribution in [0.2, 0.25) is 0 Å². The highest BCUT2D eigenvalue weighted by atomic mass is 32.1. The maximum Gasteiger partial charge on any atom is 0.269 e. The second-order valence-corrected chi connectivity index (χ2v) is 3.68. The molecule has 0 unspecified atom stereocenters. The van der Waals surface area contributed by atoms with Crippen LogP contribution >= 0.6 is 24.8 Å². The number of hydrogen-bond donors (Lipinski definition) is 2. The Morgan fingerprint density at radius 2 is 2.13 bits per heavy atom. The van der Waals surface area contributed by atoms with Crippen molar-refractivity contribution in [1.29, 1.82) is 0 Å². The lowest BCUT2D eigenvalue weighted by Gasteiger charge is -1.94. The third-order valence-corrected chi connectivity index (χ3v) is 1.67. The fourth-order valence-corrected chi connectivity index (χ4v) is 0.955. The standard InChI is InChI=1S/C8H7N3O2S2/c12-11(13)7-3-1-6(2-4-7)5-9-10-8(14)15/h1-5H,(H2,10,14,15)/b9-5+. The first-order chi connectivity index (χ1) is 7.09. The van der Waals surface area contributed by atoms with E-state index in [2.05, 4.69) is 35.4 Å². The predicted octanol–water partition coefficient (Wildman–Crippen LogP) is 1.73. The van der Waals surface area contributed by atoms with Crippen molar-refractivity contribution in [1.82, 2.24) is 5.43 Å². The summed E-state index contributed by atoms with van der Waals surface area (Å²) in [5, 5.41) is 14.1. The Bertz CT molecular complexity index is 403. The zero-order chi connectivity index (χ0) is 11.3. The second-order valence-electron chi connectivity index (χ2n) is 2.52. The molecule has 0 spiro atoms. The van der Waals surface area contributed by atoms with E-state index in [0.717, 1.165) is 5.56 Å². The summed E-state index contributed by atoms with van der Waals surface area (Å²) in [6.45, 7) is 0. The molecule has 0 fully saturated rings. The highest BCUT2D eigenvalue weighted by Gasteiger charge is 2.02. The number of hydrogen-bond acceptors (Lipinski definition) is 4. The van der Waals surface area contributed by atoms with Crippen LogP contribution in [0.1, 0.15) is 5.56 Å². The van der Waals surface area contributed by atoms with Gasteiger partial charge in [-0.2, -0.15) is 5.10 Å². The Balaban J connectivity index is 2.68. The number of nitrogens with one attached hydrogen (secondary N) is 1. The number of nitro benzene ring substituents is 1. The van der Waals surface area contributed by atoms with E-state index >= 15 is 0 Å². The van der Waals surface area contributed by atoms with Crippen LogP contribution in [0.5, 0.6) is 0 Å². The van der Waals surface area contributed by atoms with E-state index in [9.17, 15) is 10.1 Å². The number of rotatable bonds is 3. The van der Waals surface area contributed by atoms with Crippen molar-refractivity contribution in [3.05, 3.63) is 39.9 Å². The van der Waals surface area contributed by atoms with Crippen LogP contribution < -0.4 is 5.43 Å². The molecule has 0 amide bonds. The van der Waals surface area contributed by atoms with Gasteiger partial charge < -0.3 is 0 Å². The van der Waals surface area contributed by atoms with Gasteiger partial charge >= 0.3 is 0 Å². The molecule has 1 aromatic carbocycles. The number of benzene rings is 1. The van der Waals surface area contributed by atoms with Gasteiger partial charge in [0.05, 0.1) is 11.1 Å². The van der Waals surface area contributed by atoms with Crippen molar-refractivity contribution in [3.8, 4) is 0 Å². The zero-order valence-electron chi connectivity index (χ0n) is 7.45. The van der Waals surface area contributed by atoms with E-state index in [1.807, 2.05) is 0 Å². The third kappa shape index (κ3) is 4.05. The Kier molecular flexibility index (Phi) is 4.19. The molecule has 1 rings (SSSR count). The number of thiol groups is 1. The van der Waals surface area contributed by atoms with Gasteiger partial charge in [-0.3, -0.25) is 15.5 Å². The molecule has 0 aliphatic carbocycles. The molecule has 0 saturated carbocycles. The van der Waals surface area contributed by atoms with Crippen molar-refractivity contribution in [2.45, 2.75) is 0 Å². The van der Waals surface area contributed by atoms with Crippen molar-refractivity contribution < 1.29 is 4.92 Å². The predicted molar refractivity (Wildman–Crippen MR) is 65.4 cm³/mol. The van der Waals surface area contributed by atoms with E-state index in [1.54, 1.807) is 12.1 Å². The second kappa shape index (κ2) is 5.42. The molecule has 0 saturated heterocycles. The van der Waals surface area contributed by atoms with Crippen LogP contribution in [-0.2, 0) is 0 Å². The average molecular weight is 241 g/mol. The minimum atomic E-state index is -0.456. The van der Waals surface area contributed by atoms with E-state index in [4.69, 9.17) is 0 Å². The summed E-state index contributed by atoms with van der Waals surface area (Å²) in [6.07, 6.45) is 1.49. The van der Waals surface area contributed by atoms with Crippen LogP contribution in [-0.4, -0.2) is 15.5 Å². The van der Waals surface area contributed by atoms with Gasteiger partial charge in [-0.05, 0) is 17.7 Å². The molecule has 0 heterocycles. The van der Waals surface area contributed by atoms with Gasteiger partial charge in [0.25, 0.3) is 5.69 Å². The Labute approximate surface area is 96.7 Å². The molecule has 0 radical (unpaired) electrons. The molecule has 7 heteroatoms. The highest BCUT2D eigenvalue weighted by molar-refractivity contribution is 8.11. The van der Waals surface area contributed by atoms with Crippen LogP contribution in [0.3, 0.4) is 0 Å². The average Bonchev–Trinajstić information content (AvgIpc) is 2.18. The van der Waals surface area contributed by atoms with Crippen molar-refractivity contribution >= 4 is 41.1 Å².